The number of piperidine rings is 1. The van der Waals surface area contributed by atoms with E-state index in [9.17, 15) is 27.5 Å². The van der Waals surface area contributed by atoms with Crippen LogP contribution in [0.15, 0.2) is 42.5 Å². The monoisotopic (exact) mass is 423 g/mol. The lowest BCUT2D eigenvalue weighted by Gasteiger charge is -2.37. The van der Waals surface area contributed by atoms with Gasteiger partial charge in [0.15, 0.2) is 0 Å². The van der Waals surface area contributed by atoms with E-state index in [1.807, 2.05) is 0 Å². The van der Waals surface area contributed by atoms with E-state index in [1.54, 1.807) is 29.2 Å². The van der Waals surface area contributed by atoms with Gasteiger partial charge in [-0.2, -0.15) is 13.2 Å². The molecule has 2 saturated heterocycles. The van der Waals surface area contributed by atoms with Crippen LogP contribution in [0.5, 0.6) is 0 Å². The first-order valence-electron chi connectivity index (χ1n) is 9.73. The van der Waals surface area contributed by atoms with Gasteiger partial charge in [0.05, 0.1) is 18.8 Å². The Morgan fingerprint density at radius 2 is 1.70 bits per heavy atom. The molecule has 0 spiro atoms. The van der Waals surface area contributed by atoms with Crippen molar-refractivity contribution < 1.29 is 32.2 Å². The predicted octanol–water partition coefficient (Wildman–Crippen LogP) is 4.08. The molecular formula is C22H21F4NO3. The first kappa shape index (κ1) is 20.8. The average molecular weight is 423 g/mol. The second-order valence-electron chi connectivity index (χ2n) is 7.94. The van der Waals surface area contributed by atoms with Crippen LogP contribution >= 0.6 is 0 Å². The molecule has 1 N–H and O–H groups in total. The number of carbonyl (C=O) groups is 1. The Hall–Kier alpha value is -2.45. The minimum absolute atomic E-state index is 0.174. The number of hydrogen-bond donors (Lipinski definition) is 1. The molecule has 0 aliphatic carbocycles. The maximum atomic E-state index is 13.7. The SMILES string of the molecule is O=C(c1ccc(C2(O)COC2)cc1)N1CCC(c2cc(F)cc(C(F)(F)F)c2)CC1. The van der Waals surface area contributed by atoms with Crippen molar-refractivity contribution in [2.45, 2.75) is 30.5 Å². The molecule has 4 rings (SSSR count). The molecule has 0 bridgehead atoms. The number of nitrogens with zero attached hydrogens (tertiary/aromatic N) is 1. The number of hydrogen-bond acceptors (Lipinski definition) is 3. The van der Waals surface area contributed by atoms with Crippen molar-refractivity contribution in [1.82, 2.24) is 4.90 Å². The zero-order valence-corrected chi connectivity index (χ0v) is 16.1. The lowest BCUT2D eigenvalue weighted by Crippen LogP contribution is -2.46. The molecule has 30 heavy (non-hydrogen) atoms. The Balaban J connectivity index is 1.41. The summed E-state index contributed by atoms with van der Waals surface area (Å²) in [5, 5.41) is 10.3. The fourth-order valence-electron chi connectivity index (χ4n) is 4.00. The molecule has 0 unspecified atom stereocenters. The van der Waals surface area contributed by atoms with Crippen molar-refractivity contribution in [1.29, 1.82) is 0 Å². The molecule has 2 aliphatic rings. The molecule has 2 aromatic rings. The fourth-order valence-corrected chi connectivity index (χ4v) is 4.00. The van der Waals surface area contributed by atoms with E-state index in [-0.39, 0.29) is 25.0 Å². The van der Waals surface area contributed by atoms with Gasteiger partial charge in [-0.3, -0.25) is 4.79 Å². The molecule has 2 aliphatic heterocycles. The van der Waals surface area contributed by atoms with Crippen LogP contribution in [-0.2, 0) is 16.5 Å². The summed E-state index contributed by atoms with van der Waals surface area (Å²) in [7, 11) is 0. The van der Waals surface area contributed by atoms with Gasteiger partial charge >= 0.3 is 6.18 Å². The van der Waals surface area contributed by atoms with Crippen LogP contribution in [0.3, 0.4) is 0 Å². The van der Waals surface area contributed by atoms with Crippen molar-refractivity contribution in [3.8, 4) is 0 Å². The molecule has 2 heterocycles. The van der Waals surface area contributed by atoms with Crippen molar-refractivity contribution in [2.24, 2.45) is 0 Å². The highest BCUT2D eigenvalue weighted by Crippen LogP contribution is 2.35. The molecule has 0 radical (unpaired) electrons. The normalized spacial score (nSPS) is 19.4. The Bertz CT molecular complexity index is 930. The van der Waals surface area contributed by atoms with Gasteiger partial charge in [-0.1, -0.05) is 12.1 Å². The van der Waals surface area contributed by atoms with Crippen molar-refractivity contribution >= 4 is 5.91 Å². The number of alkyl halides is 3. The third-order valence-electron chi connectivity index (χ3n) is 5.85. The Morgan fingerprint density at radius 1 is 1.07 bits per heavy atom. The van der Waals surface area contributed by atoms with E-state index in [1.165, 1.54) is 0 Å². The summed E-state index contributed by atoms with van der Waals surface area (Å²) < 4.78 is 57.6. The third kappa shape index (κ3) is 4.06. The average Bonchev–Trinajstić information content (AvgIpc) is 2.70. The van der Waals surface area contributed by atoms with E-state index < -0.39 is 23.2 Å². The molecule has 0 saturated carbocycles. The Labute approximate surface area is 171 Å². The lowest BCUT2D eigenvalue weighted by atomic mass is 9.88. The summed E-state index contributed by atoms with van der Waals surface area (Å²) in [6, 6.07) is 9.36. The minimum Gasteiger partial charge on any atom is -0.380 e. The van der Waals surface area contributed by atoms with Crippen molar-refractivity contribution in [3.05, 3.63) is 70.5 Å². The molecule has 1 amide bonds. The van der Waals surface area contributed by atoms with E-state index in [0.717, 1.165) is 12.1 Å². The minimum atomic E-state index is -4.60. The second kappa shape index (κ2) is 7.67. The standard InChI is InChI=1S/C22H21F4NO3/c23-19-10-16(9-18(11-19)22(24,25)26)14-5-7-27(8-6-14)20(28)15-1-3-17(4-2-15)21(29)12-30-13-21/h1-4,9-11,14,29H,5-8,12-13H2. The largest absolute Gasteiger partial charge is 0.416 e. The summed E-state index contributed by atoms with van der Waals surface area (Å²) in [5.74, 6) is -1.31. The maximum absolute atomic E-state index is 13.7. The molecule has 8 heteroatoms. The van der Waals surface area contributed by atoms with Crippen LogP contribution in [0.2, 0.25) is 0 Å². The zero-order chi connectivity index (χ0) is 21.5. The predicted molar refractivity (Wildman–Crippen MR) is 100 cm³/mol. The number of ether oxygens (including phenoxy) is 1. The summed E-state index contributed by atoms with van der Waals surface area (Å²) in [5.41, 5.74) is -0.508. The number of benzene rings is 2. The first-order valence-corrected chi connectivity index (χ1v) is 9.73. The number of amides is 1. The smallest absolute Gasteiger partial charge is 0.380 e. The lowest BCUT2D eigenvalue weighted by molar-refractivity contribution is -0.184. The summed E-state index contributed by atoms with van der Waals surface area (Å²) in [6.07, 6.45) is -3.68. The van der Waals surface area contributed by atoms with Crippen LogP contribution in [0.25, 0.3) is 0 Å². The number of halogens is 4. The number of aliphatic hydroxyl groups is 1. The zero-order valence-electron chi connectivity index (χ0n) is 16.1. The van der Waals surface area contributed by atoms with Gasteiger partial charge in [-0.15, -0.1) is 0 Å². The molecule has 0 atom stereocenters. The third-order valence-corrected chi connectivity index (χ3v) is 5.85. The molecular weight excluding hydrogens is 402 g/mol. The fraction of sp³-hybridized carbons (Fsp3) is 0.409. The van der Waals surface area contributed by atoms with Gasteiger partial charge < -0.3 is 14.7 Å². The van der Waals surface area contributed by atoms with Gasteiger partial charge in [-0.25, -0.2) is 4.39 Å². The number of rotatable bonds is 3. The molecule has 2 aromatic carbocycles. The first-order chi connectivity index (χ1) is 14.2. The highest BCUT2D eigenvalue weighted by Gasteiger charge is 2.38. The summed E-state index contributed by atoms with van der Waals surface area (Å²) in [6.45, 7) is 1.20. The second-order valence-corrected chi connectivity index (χ2v) is 7.94. The Kier molecular flexibility index (Phi) is 5.32. The number of carbonyl (C=O) groups excluding carboxylic acids is 1. The van der Waals surface area contributed by atoms with Crippen molar-refractivity contribution in [2.75, 3.05) is 26.3 Å². The quantitative estimate of drug-likeness (QED) is 0.757. The van der Waals surface area contributed by atoms with Gasteiger partial charge in [0.25, 0.3) is 5.91 Å². The molecule has 4 nitrogen and oxygen atoms in total. The summed E-state index contributed by atoms with van der Waals surface area (Å²) in [4.78, 5) is 14.4. The maximum Gasteiger partial charge on any atom is 0.416 e. The molecule has 160 valence electrons. The van der Waals surface area contributed by atoms with Crippen LogP contribution in [0.4, 0.5) is 17.6 Å². The van der Waals surface area contributed by atoms with Crippen LogP contribution < -0.4 is 0 Å². The molecule has 2 fully saturated rings. The van der Waals surface area contributed by atoms with Gasteiger partial charge in [-0.05, 0) is 60.2 Å². The van der Waals surface area contributed by atoms with E-state index in [2.05, 4.69) is 0 Å². The van der Waals surface area contributed by atoms with E-state index in [4.69, 9.17) is 4.74 Å². The van der Waals surface area contributed by atoms with Gasteiger partial charge in [0.1, 0.15) is 11.4 Å². The van der Waals surface area contributed by atoms with Gasteiger partial charge in [0, 0.05) is 18.7 Å². The Morgan fingerprint density at radius 3 is 2.23 bits per heavy atom. The van der Waals surface area contributed by atoms with Crippen LogP contribution in [0.1, 0.15) is 45.8 Å². The van der Waals surface area contributed by atoms with Gasteiger partial charge in [0.2, 0.25) is 0 Å². The van der Waals surface area contributed by atoms with Crippen molar-refractivity contribution in [3.63, 3.8) is 0 Å². The number of likely N-dealkylation sites (tertiary alicyclic amines) is 1. The van der Waals surface area contributed by atoms with E-state index in [0.29, 0.717) is 48.7 Å². The molecule has 0 aromatic heterocycles. The highest BCUT2D eigenvalue weighted by atomic mass is 19.4. The highest BCUT2D eigenvalue weighted by molar-refractivity contribution is 5.94. The van der Waals surface area contributed by atoms with E-state index >= 15 is 0 Å². The topological polar surface area (TPSA) is 49.8 Å². The summed E-state index contributed by atoms with van der Waals surface area (Å²) >= 11 is 0. The van der Waals surface area contributed by atoms with Crippen LogP contribution in [0, 0.1) is 5.82 Å². The van der Waals surface area contributed by atoms with Crippen LogP contribution in [-0.4, -0.2) is 42.2 Å².